The van der Waals surface area contributed by atoms with E-state index in [0.717, 1.165) is 0 Å². The van der Waals surface area contributed by atoms with Gasteiger partial charge in [-0.15, -0.1) is 0 Å². The van der Waals surface area contributed by atoms with E-state index >= 15 is 0 Å². The average molecular weight is 382 g/mol. The fourth-order valence-electron chi connectivity index (χ4n) is 3.76. The summed E-state index contributed by atoms with van der Waals surface area (Å²) in [5, 5.41) is 3.32. The molecule has 148 valence electrons. The first-order valence-electron chi connectivity index (χ1n) is 9.76. The van der Waals surface area contributed by atoms with Crippen LogP contribution in [0.2, 0.25) is 0 Å². The molecule has 3 heterocycles. The van der Waals surface area contributed by atoms with Crippen molar-refractivity contribution < 1.29 is 14.3 Å². The molecule has 0 radical (unpaired) electrons. The Morgan fingerprint density at radius 1 is 1.14 bits per heavy atom. The van der Waals surface area contributed by atoms with Crippen molar-refractivity contribution in [3.05, 3.63) is 53.0 Å². The van der Waals surface area contributed by atoms with Crippen molar-refractivity contribution in [1.82, 2.24) is 14.9 Å². The Kier molecular flexibility index (Phi) is 5.28. The smallest absolute Gasteiger partial charge is 0.272 e. The Labute approximate surface area is 165 Å². The summed E-state index contributed by atoms with van der Waals surface area (Å²) in [6.45, 7) is 7.02. The van der Waals surface area contributed by atoms with Gasteiger partial charge in [0.15, 0.2) is 5.79 Å². The summed E-state index contributed by atoms with van der Waals surface area (Å²) in [4.78, 5) is 23.6. The van der Waals surface area contributed by atoms with E-state index in [1.807, 2.05) is 17.0 Å². The highest BCUT2D eigenvalue weighted by atomic mass is 16.7. The number of aromatic nitrogens is 2. The summed E-state index contributed by atoms with van der Waals surface area (Å²) in [7, 11) is 0. The molecule has 2 aliphatic rings. The molecule has 1 aromatic heterocycles. The van der Waals surface area contributed by atoms with Gasteiger partial charge in [0.1, 0.15) is 17.3 Å². The van der Waals surface area contributed by atoms with Crippen molar-refractivity contribution in [1.29, 1.82) is 0 Å². The van der Waals surface area contributed by atoms with Crippen molar-refractivity contribution >= 4 is 11.7 Å². The summed E-state index contributed by atoms with van der Waals surface area (Å²) in [6, 6.07) is 9.94. The lowest BCUT2D eigenvalue weighted by Gasteiger charge is -2.37. The molecule has 0 bridgehead atoms. The fraction of sp³-hybridized carbons (Fsp3) is 0.476. The van der Waals surface area contributed by atoms with Gasteiger partial charge in [-0.1, -0.05) is 24.3 Å². The van der Waals surface area contributed by atoms with E-state index in [1.54, 1.807) is 13.0 Å². The van der Waals surface area contributed by atoms with Crippen molar-refractivity contribution in [2.75, 3.05) is 31.6 Å². The number of nitrogens with one attached hydrogen (secondary N) is 1. The summed E-state index contributed by atoms with van der Waals surface area (Å²) >= 11 is 0. The number of piperidine rings is 1. The van der Waals surface area contributed by atoms with Crippen LogP contribution in [0.3, 0.4) is 0 Å². The van der Waals surface area contributed by atoms with E-state index in [2.05, 4.69) is 34.3 Å². The third-order valence-corrected chi connectivity index (χ3v) is 5.40. The topological polar surface area (TPSA) is 76.6 Å². The molecule has 28 heavy (non-hydrogen) atoms. The van der Waals surface area contributed by atoms with Gasteiger partial charge in [-0.2, -0.15) is 0 Å². The van der Waals surface area contributed by atoms with Crippen LogP contribution in [-0.2, 0) is 16.0 Å². The second-order valence-corrected chi connectivity index (χ2v) is 7.37. The molecule has 2 aliphatic heterocycles. The zero-order chi connectivity index (χ0) is 19.6. The molecule has 4 rings (SSSR count). The Bertz CT molecular complexity index is 854. The number of carbonyl (C=O) groups is 1. The van der Waals surface area contributed by atoms with Gasteiger partial charge in [0.2, 0.25) is 0 Å². The molecule has 2 aromatic rings. The molecule has 0 atom stereocenters. The van der Waals surface area contributed by atoms with Crippen LogP contribution in [-0.4, -0.2) is 52.9 Å². The van der Waals surface area contributed by atoms with Gasteiger partial charge in [-0.3, -0.25) is 4.79 Å². The van der Waals surface area contributed by atoms with Crippen LogP contribution in [0.4, 0.5) is 5.82 Å². The number of anilines is 1. The van der Waals surface area contributed by atoms with E-state index < -0.39 is 5.79 Å². The third-order valence-electron chi connectivity index (χ3n) is 5.40. The van der Waals surface area contributed by atoms with Crippen LogP contribution < -0.4 is 5.32 Å². The molecule has 2 fully saturated rings. The maximum Gasteiger partial charge on any atom is 0.272 e. The monoisotopic (exact) mass is 382 g/mol. The van der Waals surface area contributed by atoms with Gasteiger partial charge < -0.3 is 19.7 Å². The molecule has 1 N–H and O–H groups in total. The number of amides is 1. The minimum Gasteiger partial charge on any atom is -0.366 e. The quantitative estimate of drug-likeness (QED) is 0.876. The zero-order valence-electron chi connectivity index (χ0n) is 16.4. The molecule has 2 saturated heterocycles. The summed E-state index contributed by atoms with van der Waals surface area (Å²) in [5.74, 6) is 0.680. The maximum atomic E-state index is 13.0. The highest BCUT2D eigenvalue weighted by molar-refractivity contribution is 5.93. The van der Waals surface area contributed by atoms with E-state index in [1.165, 1.54) is 11.1 Å². The lowest BCUT2D eigenvalue weighted by Crippen LogP contribution is -2.47. The van der Waals surface area contributed by atoms with Crippen LogP contribution in [0.15, 0.2) is 30.3 Å². The number of aryl methyl sites for hydroxylation is 2. The van der Waals surface area contributed by atoms with Gasteiger partial charge >= 0.3 is 0 Å². The first-order valence-corrected chi connectivity index (χ1v) is 9.76. The fourth-order valence-corrected chi connectivity index (χ4v) is 3.76. The molecule has 7 heteroatoms. The van der Waals surface area contributed by atoms with Gasteiger partial charge in [0, 0.05) is 38.5 Å². The van der Waals surface area contributed by atoms with E-state index in [0.29, 0.717) is 63.0 Å². The van der Waals surface area contributed by atoms with Crippen LogP contribution >= 0.6 is 0 Å². The highest BCUT2D eigenvalue weighted by Gasteiger charge is 2.41. The Balaban J connectivity index is 1.43. The second-order valence-electron chi connectivity index (χ2n) is 7.37. The van der Waals surface area contributed by atoms with Crippen LogP contribution in [0.1, 0.15) is 40.3 Å². The van der Waals surface area contributed by atoms with Crippen LogP contribution in [0.25, 0.3) is 0 Å². The predicted octanol–water partition coefficient (Wildman–Crippen LogP) is 2.68. The minimum atomic E-state index is -0.487. The molecule has 0 unspecified atom stereocenters. The first-order chi connectivity index (χ1) is 13.5. The molecule has 0 aliphatic carbocycles. The number of ether oxygens (including phenoxy) is 2. The van der Waals surface area contributed by atoms with Gasteiger partial charge in [-0.05, 0) is 25.0 Å². The van der Waals surface area contributed by atoms with E-state index in [-0.39, 0.29) is 5.91 Å². The minimum absolute atomic E-state index is 0.0720. The molecular weight excluding hydrogens is 356 g/mol. The van der Waals surface area contributed by atoms with Crippen molar-refractivity contribution in [2.45, 2.75) is 39.0 Å². The number of likely N-dealkylation sites (tertiary alicyclic amines) is 1. The summed E-state index contributed by atoms with van der Waals surface area (Å²) in [5.41, 5.74) is 2.84. The van der Waals surface area contributed by atoms with Gasteiger partial charge in [0.05, 0.1) is 13.2 Å². The van der Waals surface area contributed by atoms with Crippen LogP contribution in [0, 0.1) is 13.8 Å². The lowest BCUT2D eigenvalue weighted by molar-refractivity contribution is -0.181. The van der Waals surface area contributed by atoms with E-state index in [4.69, 9.17) is 9.47 Å². The maximum absolute atomic E-state index is 13.0. The summed E-state index contributed by atoms with van der Waals surface area (Å²) < 4.78 is 11.5. The number of carbonyl (C=O) groups excluding carboxylic acids is 1. The van der Waals surface area contributed by atoms with Gasteiger partial charge in [0.25, 0.3) is 5.91 Å². The Morgan fingerprint density at radius 3 is 2.57 bits per heavy atom. The van der Waals surface area contributed by atoms with Crippen molar-refractivity contribution in [2.24, 2.45) is 0 Å². The number of rotatable bonds is 4. The highest BCUT2D eigenvalue weighted by Crippen LogP contribution is 2.31. The lowest BCUT2D eigenvalue weighted by atomic mass is 10.0. The Morgan fingerprint density at radius 2 is 1.86 bits per heavy atom. The second kappa shape index (κ2) is 7.85. The van der Waals surface area contributed by atoms with Crippen LogP contribution in [0.5, 0.6) is 0 Å². The molecule has 1 aromatic carbocycles. The zero-order valence-corrected chi connectivity index (χ0v) is 16.4. The normalized spacial score (nSPS) is 18.4. The van der Waals surface area contributed by atoms with Crippen molar-refractivity contribution in [3.63, 3.8) is 0 Å². The summed E-state index contributed by atoms with van der Waals surface area (Å²) in [6.07, 6.45) is 1.39. The number of hydrogen-bond donors (Lipinski definition) is 1. The number of hydrogen-bond acceptors (Lipinski definition) is 6. The molecule has 0 saturated carbocycles. The number of benzene rings is 1. The first kappa shape index (κ1) is 18.8. The SMILES string of the molecule is Cc1nc(NCc2ccccc2C)cc(C(=O)N2CCC3(CC2)OCCO3)n1. The predicted molar refractivity (Wildman–Crippen MR) is 105 cm³/mol. The largest absolute Gasteiger partial charge is 0.366 e. The molecular formula is C21H26N4O3. The average Bonchev–Trinajstić information content (AvgIpc) is 3.15. The molecule has 1 spiro atoms. The van der Waals surface area contributed by atoms with E-state index in [9.17, 15) is 4.79 Å². The third kappa shape index (κ3) is 4.00. The number of nitrogens with zero attached hydrogens (tertiary/aromatic N) is 3. The standard InChI is InChI=1S/C21H26N4O3/c1-15-5-3-4-6-17(15)14-22-19-13-18(23-16(2)24-19)20(26)25-9-7-21(8-10-25)27-11-12-28-21/h3-6,13H,7-12,14H2,1-2H3,(H,22,23,24). The Hall–Kier alpha value is -2.51. The van der Waals surface area contributed by atoms with Crippen molar-refractivity contribution in [3.8, 4) is 0 Å². The van der Waals surface area contributed by atoms with Gasteiger partial charge in [-0.25, -0.2) is 9.97 Å². The molecule has 1 amide bonds. The molecule has 7 nitrogen and oxygen atoms in total.